The third kappa shape index (κ3) is 3.35. The Morgan fingerprint density at radius 1 is 1.46 bits per heavy atom. The van der Waals surface area contributed by atoms with E-state index in [9.17, 15) is 14.0 Å². The number of benzene rings is 1. The molecule has 1 aromatic carbocycles. The lowest BCUT2D eigenvalue weighted by atomic mass is 10.1. The molecule has 2 aromatic rings. The van der Waals surface area contributed by atoms with Crippen LogP contribution in [-0.4, -0.2) is 35.4 Å². The summed E-state index contributed by atoms with van der Waals surface area (Å²) in [6.45, 7) is 3.34. The average Bonchev–Trinajstić information content (AvgIpc) is 3.07. The minimum Gasteiger partial charge on any atom is -0.381 e. The summed E-state index contributed by atoms with van der Waals surface area (Å²) in [5.41, 5.74) is -0.0953. The van der Waals surface area contributed by atoms with Crippen molar-refractivity contribution in [2.45, 2.75) is 13.3 Å². The van der Waals surface area contributed by atoms with Crippen molar-refractivity contribution in [1.82, 2.24) is 15.1 Å². The van der Waals surface area contributed by atoms with E-state index in [2.05, 4.69) is 10.4 Å². The zero-order valence-electron chi connectivity index (χ0n) is 13.3. The number of halogens is 1. The quantitative estimate of drug-likeness (QED) is 0.920. The van der Waals surface area contributed by atoms with Gasteiger partial charge in [0.1, 0.15) is 11.5 Å². The van der Waals surface area contributed by atoms with Gasteiger partial charge in [-0.2, -0.15) is 5.10 Å². The van der Waals surface area contributed by atoms with E-state index in [1.807, 2.05) is 0 Å². The molecule has 2 heterocycles. The molecule has 1 unspecified atom stereocenters. The number of rotatable bonds is 4. The van der Waals surface area contributed by atoms with Crippen molar-refractivity contribution in [3.8, 4) is 5.69 Å². The molecule has 0 spiro atoms. The molecule has 1 aromatic heterocycles. The summed E-state index contributed by atoms with van der Waals surface area (Å²) in [5, 5.41) is 6.77. The smallest absolute Gasteiger partial charge is 0.275 e. The van der Waals surface area contributed by atoms with Crippen molar-refractivity contribution in [2.75, 3.05) is 19.8 Å². The van der Waals surface area contributed by atoms with Crippen molar-refractivity contribution in [3.63, 3.8) is 0 Å². The highest BCUT2D eigenvalue weighted by Gasteiger charge is 2.20. The first-order valence-electron chi connectivity index (χ1n) is 7.78. The number of para-hydroxylation sites is 1. The van der Waals surface area contributed by atoms with Crippen molar-refractivity contribution >= 4 is 5.91 Å². The Bertz CT molecular complexity index is 813. The highest BCUT2D eigenvalue weighted by molar-refractivity contribution is 5.92. The number of carbonyl (C=O) groups is 1. The van der Waals surface area contributed by atoms with E-state index in [0.29, 0.717) is 25.5 Å². The van der Waals surface area contributed by atoms with E-state index >= 15 is 0 Å². The third-order valence-electron chi connectivity index (χ3n) is 3.98. The third-order valence-corrected chi connectivity index (χ3v) is 3.98. The largest absolute Gasteiger partial charge is 0.381 e. The summed E-state index contributed by atoms with van der Waals surface area (Å²) in [6, 6.07) is 7.35. The van der Waals surface area contributed by atoms with Crippen LogP contribution in [0.25, 0.3) is 5.69 Å². The van der Waals surface area contributed by atoms with Gasteiger partial charge in [0.15, 0.2) is 5.69 Å². The minimum absolute atomic E-state index is 0.188. The van der Waals surface area contributed by atoms with Gasteiger partial charge in [0.2, 0.25) is 5.43 Å². The second-order valence-electron chi connectivity index (χ2n) is 5.80. The zero-order valence-corrected chi connectivity index (χ0v) is 13.3. The second-order valence-corrected chi connectivity index (χ2v) is 5.80. The van der Waals surface area contributed by atoms with E-state index in [0.717, 1.165) is 6.42 Å². The number of aromatic nitrogens is 2. The van der Waals surface area contributed by atoms with Crippen LogP contribution in [0, 0.1) is 18.7 Å². The number of nitrogens with one attached hydrogen (secondary N) is 1. The topological polar surface area (TPSA) is 73.2 Å². The molecule has 126 valence electrons. The van der Waals surface area contributed by atoms with E-state index < -0.39 is 17.2 Å². The van der Waals surface area contributed by atoms with E-state index in [1.165, 1.54) is 22.9 Å². The fourth-order valence-corrected chi connectivity index (χ4v) is 2.64. The molecular weight excluding hydrogens is 313 g/mol. The minimum atomic E-state index is -0.558. The summed E-state index contributed by atoms with van der Waals surface area (Å²) in [7, 11) is 0. The first-order valence-corrected chi connectivity index (χ1v) is 7.78. The van der Waals surface area contributed by atoms with Crippen LogP contribution in [0.3, 0.4) is 0 Å². The van der Waals surface area contributed by atoms with Crippen molar-refractivity contribution in [2.24, 2.45) is 5.92 Å². The van der Waals surface area contributed by atoms with Crippen LogP contribution in [0.5, 0.6) is 0 Å². The molecule has 1 aliphatic rings. The Morgan fingerprint density at radius 3 is 2.96 bits per heavy atom. The van der Waals surface area contributed by atoms with Crippen molar-refractivity contribution < 1.29 is 13.9 Å². The number of amides is 1. The summed E-state index contributed by atoms with van der Waals surface area (Å²) >= 11 is 0. The molecule has 7 heteroatoms. The van der Waals surface area contributed by atoms with Gasteiger partial charge in [-0.15, -0.1) is 0 Å². The number of nitrogens with zero attached hydrogens (tertiary/aromatic N) is 2. The molecular formula is C17H18FN3O3. The SMILES string of the molecule is Cc1cc(=O)c(C(=O)NCC2CCOC2)nn1-c1ccccc1F. The summed E-state index contributed by atoms with van der Waals surface area (Å²) in [4.78, 5) is 24.4. The van der Waals surface area contributed by atoms with Crippen molar-refractivity contribution in [3.05, 3.63) is 57.8 Å². The Labute approximate surface area is 138 Å². The molecule has 0 radical (unpaired) electrons. The maximum Gasteiger partial charge on any atom is 0.275 e. The Balaban J connectivity index is 1.88. The predicted octanol–water partition coefficient (Wildman–Crippen LogP) is 1.45. The van der Waals surface area contributed by atoms with Crippen LogP contribution in [0.2, 0.25) is 0 Å². The van der Waals surface area contributed by atoms with Gasteiger partial charge in [0.25, 0.3) is 5.91 Å². The standard InChI is InChI=1S/C17H18FN3O3/c1-11-8-15(22)16(17(23)19-9-12-6-7-24-10-12)20-21(11)14-5-3-2-4-13(14)18/h2-5,8,12H,6-7,9-10H2,1H3,(H,19,23). The number of carbonyl (C=O) groups excluding carboxylic acids is 1. The Kier molecular flexibility index (Phi) is 4.71. The number of ether oxygens (including phenoxy) is 1. The normalized spacial score (nSPS) is 17.0. The van der Waals surface area contributed by atoms with Gasteiger partial charge in [0, 0.05) is 30.8 Å². The van der Waals surface area contributed by atoms with Crippen LogP contribution in [-0.2, 0) is 4.74 Å². The molecule has 24 heavy (non-hydrogen) atoms. The average molecular weight is 331 g/mol. The number of hydrogen-bond donors (Lipinski definition) is 1. The van der Waals surface area contributed by atoms with Gasteiger partial charge < -0.3 is 10.1 Å². The number of aryl methyl sites for hydroxylation is 1. The maximum absolute atomic E-state index is 14.0. The van der Waals surface area contributed by atoms with Gasteiger partial charge in [0.05, 0.1) is 6.61 Å². The lowest BCUT2D eigenvalue weighted by molar-refractivity contribution is 0.0937. The fraction of sp³-hybridized carbons (Fsp3) is 0.353. The fourth-order valence-electron chi connectivity index (χ4n) is 2.64. The lowest BCUT2D eigenvalue weighted by Gasteiger charge is -2.13. The Morgan fingerprint density at radius 2 is 2.25 bits per heavy atom. The van der Waals surface area contributed by atoms with Crippen LogP contribution in [0.4, 0.5) is 4.39 Å². The van der Waals surface area contributed by atoms with Gasteiger partial charge in [-0.25, -0.2) is 9.07 Å². The molecule has 0 aliphatic carbocycles. The van der Waals surface area contributed by atoms with Crippen LogP contribution in [0.1, 0.15) is 22.6 Å². The zero-order chi connectivity index (χ0) is 17.1. The van der Waals surface area contributed by atoms with Gasteiger partial charge in [-0.1, -0.05) is 12.1 Å². The molecule has 1 aliphatic heterocycles. The molecule has 1 N–H and O–H groups in total. The van der Waals surface area contributed by atoms with Crippen LogP contribution in [0.15, 0.2) is 35.1 Å². The van der Waals surface area contributed by atoms with E-state index in [4.69, 9.17) is 4.74 Å². The van der Waals surface area contributed by atoms with Crippen LogP contribution < -0.4 is 10.7 Å². The summed E-state index contributed by atoms with van der Waals surface area (Å²) in [5.74, 6) is -0.795. The predicted molar refractivity (Wildman–Crippen MR) is 85.8 cm³/mol. The molecule has 1 amide bonds. The molecule has 6 nitrogen and oxygen atoms in total. The maximum atomic E-state index is 14.0. The van der Waals surface area contributed by atoms with Crippen LogP contribution >= 0.6 is 0 Å². The molecule has 1 fully saturated rings. The van der Waals surface area contributed by atoms with Gasteiger partial charge in [-0.05, 0) is 25.5 Å². The molecule has 1 saturated heterocycles. The Hall–Kier alpha value is -2.54. The summed E-state index contributed by atoms with van der Waals surface area (Å²) < 4.78 is 20.5. The highest BCUT2D eigenvalue weighted by Crippen LogP contribution is 2.13. The first kappa shape index (κ1) is 16.3. The van der Waals surface area contributed by atoms with E-state index in [-0.39, 0.29) is 17.3 Å². The molecule has 0 saturated carbocycles. The summed E-state index contributed by atoms with van der Waals surface area (Å²) in [6.07, 6.45) is 0.876. The monoisotopic (exact) mass is 331 g/mol. The lowest BCUT2D eigenvalue weighted by Crippen LogP contribution is -2.35. The highest BCUT2D eigenvalue weighted by atomic mass is 19.1. The molecule has 1 atom stereocenters. The first-order chi connectivity index (χ1) is 11.6. The molecule has 0 bridgehead atoms. The van der Waals surface area contributed by atoms with Gasteiger partial charge in [-0.3, -0.25) is 9.59 Å². The van der Waals surface area contributed by atoms with Gasteiger partial charge >= 0.3 is 0 Å². The molecule has 3 rings (SSSR count). The second kappa shape index (κ2) is 6.92. The van der Waals surface area contributed by atoms with E-state index in [1.54, 1.807) is 19.1 Å². The van der Waals surface area contributed by atoms with Crippen molar-refractivity contribution in [1.29, 1.82) is 0 Å². The number of hydrogen-bond acceptors (Lipinski definition) is 4.